The number of nitrogens with one attached hydrogen (secondary N) is 1. The number of nitrogens with zero attached hydrogens (tertiary/aromatic N) is 1. The zero-order valence-electron chi connectivity index (χ0n) is 9.70. The van der Waals surface area contributed by atoms with E-state index in [2.05, 4.69) is 29.0 Å². The van der Waals surface area contributed by atoms with Crippen LogP contribution in [-0.2, 0) is 0 Å². The average Bonchev–Trinajstić information content (AvgIpc) is 2.30. The molecule has 1 heterocycles. The molecule has 0 amide bonds. The highest BCUT2D eigenvalue weighted by Gasteiger charge is 2.13. The minimum atomic E-state index is 0.117. The molecule has 1 aromatic heterocycles. The molecule has 1 atom stereocenters. The van der Waals surface area contributed by atoms with Gasteiger partial charge in [0.15, 0.2) is 0 Å². The van der Waals surface area contributed by atoms with Gasteiger partial charge < -0.3 is 5.32 Å². The standard InChI is InChI=1S/C14H16N2/c1-10(2)13(15-3)14-12-7-5-4-6-11(12)8-9-16-14/h4-9,13,15H,1H2,2-3H3. The molecular formula is C14H16N2. The number of likely N-dealkylation sites (N-methyl/N-ethyl adjacent to an activating group) is 1. The van der Waals surface area contributed by atoms with Crippen molar-refractivity contribution in [3.8, 4) is 0 Å². The highest BCUT2D eigenvalue weighted by Crippen LogP contribution is 2.25. The van der Waals surface area contributed by atoms with Gasteiger partial charge in [0.05, 0.1) is 11.7 Å². The molecule has 1 aromatic carbocycles. The van der Waals surface area contributed by atoms with Gasteiger partial charge in [0.25, 0.3) is 0 Å². The summed E-state index contributed by atoms with van der Waals surface area (Å²) in [7, 11) is 1.93. The molecule has 0 bridgehead atoms. The first kappa shape index (κ1) is 10.8. The summed E-state index contributed by atoms with van der Waals surface area (Å²) < 4.78 is 0. The molecule has 0 aliphatic carbocycles. The van der Waals surface area contributed by atoms with E-state index in [0.717, 1.165) is 11.3 Å². The van der Waals surface area contributed by atoms with Crippen LogP contribution in [0.4, 0.5) is 0 Å². The Bertz CT molecular complexity index is 512. The van der Waals surface area contributed by atoms with E-state index in [-0.39, 0.29) is 6.04 Å². The van der Waals surface area contributed by atoms with E-state index in [1.54, 1.807) is 0 Å². The van der Waals surface area contributed by atoms with E-state index in [0.29, 0.717) is 0 Å². The first-order valence-corrected chi connectivity index (χ1v) is 5.40. The van der Waals surface area contributed by atoms with Gasteiger partial charge in [0.2, 0.25) is 0 Å². The predicted molar refractivity (Wildman–Crippen MR) is 68.4 cm³/mol. The van der Waals surface area contributed by atoms with Gasteiger partial charge in [-0.3, -0.25) is 4.98 Å². The van der Waals surface area contributed by atoms with Crippen LogP contribution >= 0.6 is 0 Å². The summed E-state index contributed by atoms with van der Waals surface area (Å²) in [6.45, 7) is 6.03. The van der Waals surface area contributed by atoms with Gasteiger partial charge in [-0.05, 0) is 25.4 Å². The van der Waals surface area contributed by atoms with Crippen molar-refractivity contribution in [3.63, 3.8) is 0 Å². The Kier molecular flexibility index (Phi) is 3.02. The third-order valence-electron chi connectivity index (χ3n) is 2.76. The van der Waals surface area contributed by atoms with Crippen molar-refractivity contribution in [1.29, 1.82) is 0 Å². The van der Waals surface area contributed by atoms with Crippen LogP contribution in [0.1, 0.15) is 18.7 Å². The summed E-state index contributed by atoms with van der Waals surface area (Å²) in [5.74, 6) is 0. The maximum absolute atomic E-state index is 4.48. The summed E-state index contributed by atoms with van der Waals surface area (Å²) in [5.41, 5.74) is 2.12. The number of fused-ring (bicyclic) bond motifs is 1. The quantitative estimate of drug-likeness (QED) is 0.791. The van der Waals surface area contributed by atoms with E-state index in [1.165, 1.54) is 10.8 Å². The molecule has 2 aromatic rings. The van der Waals surface area contributed by atoms with Gasteiger partial charge >= 0.3 is 0 Å². The Balaban J connectivity index is 2.63. The Morgan fingerprint density at radius 3 is 2.75 bits per heavy atom. The lowest BCUT2D eigenvalue weighted by Crippen LogP contribution is -2.18. The number of rotatable bonds is 3. The van der Waals surface area contributed by atoms with E-state index >= 15 is 0 Å². The van der Waals surface area contributed by atoms with Crippen LogP contribution in [0.2, 0.25) is 0 Å². The molecule has 0 saturated heterocycles. The highest BCUT2D eigenvalue weighted by atomic mass is 14.9. The molecule has 16 heavy (non-hydrogen) atoms. The fraction of sp³-hybridized carbons (Fsp3) is 0.214. The van der Waals surface area contributed by atoms with Crippen molar-refractivity contribution in [2.75, 3.05) is 7.05 Å². The van der Waals surface area contributed by atoms with Crippen molar-refractivity contribution in [2.45, 2.75) is 13.0 Å². The van der Waals surface area contributed by atoms with Gasteiger partial charge in [0.1, 0.15) is 0 Å². The minimum Gasteiger partial charge on any atom is -0.308 e. The molecule has 2 rings (SSSR count). The van der Waals surface area contributed by atoms with Crippen molar-refractivity contribution < 1.29 is 0 Å². The predicted octanol–water partition coefficient (Wildman–Crippen LogP) is 3.07. The smallest absolute Gasteiger partial charge is 0.0709 e. The second kappa shape index (κ2) is 4.45. The summed E-state index contributed by atoms with van der Waals surface area (Å²) in [6.07, 6.45) is 1.85. The number of aromatic nitrogens is 1. The summed E-state index contributed by atoms with van der Waals surface area (Å²) in [4.78, 5) is 4.48. The monoisotopic (exact) mass is 212 g/mol. The molecule has 0 aliphatic rings. The summed E-state index contributed by atoms with van der Waals surface area (Å²) in [6, 6.07) is 10.4. The Hall–Kier alpha value is -1.67. The van der Waals surface area contributed by atoms with E-state index in [4.69, 9.17) is 0 Å². The minimum absolute atomic E-state index is 0.117. The molecular weight excluding hydrogens is 196 g/mol. The Morgan fingerprint density at radius 2 is 2.06 bits per heavy atom. The second-order valence-corrected chi connectivity index (χ2v) is 3.99. The van der Waals surface area contributed by atoms with E-state index in [1.807, 2.05) is 38.4 Å². The van der Waals surface area contributed by atoms with Crippen LogP contribution in [0.25, 0.3) is 10.8 Å². The van der Waals surface area contributed by atoms with Crippen LogP contribution < -0.4 is 5.32 Å². The fourth-order valence-electron chi connectivity index (χ4n) is 1.99. The first-order valence-electron chi connectivity index (χ1n) is 5.40. The van der Waals surface area contributed by atoms with Crippen LogP contribution in [0, 0.1) is 0 Å². The lowest BCUT2D eigenvalue weighted by atomic mass is 10.0. The van der Waals surface area contributed by atoms with Crippen LogP contribution in [0.5, 0.6) is 0 Å². The number of pyridine rings is 1. The molecule has 0 spiro atoms. The summed E-state index contributed by atoms with van der Waals surface area (Å²) in [5, 5.41) is 5.65. The number of hydrogen-bond donors (Lipinski definition) is 1. The lowest BCUT2D eigenvalue weighted by molar-refractivity contribution is 0.666. The Morgan fingerprint density at radius 1 is 1.31 bits per heavy atom. The van der Waals surface area contributed by atoms with Gasteiger partial charge in [0, 0.05) is 11.6 Å². The largest absolute Gasteiger partial charge is 0.308 e. The highest BCUT2D eigenvalue weighted by molar-refractivity contribution is 5.84. The van der Waals surface area contributed by atoms with Crippen molar-refractivity contribution in [3.05, 3.63) is 54.4 Å². The third kappa shape index (κ3) is 1.84. The fourth-order valence-corrected chi connectivity index (χ4v) is 1.99. The maximum atomic E-state index is 4.48. The number of hydrogen-bond acceptors (Lipinski definition) is 2. The first-order chi connectivity index (χ1) is 7.74. The van der Waals surface area contributed by atoms with E-state index in [9.17, 15) is 0 Å². The van der Waals surface area contributed by atoms with E-state index < -0.39 is 0 Å². The number of benzene rings is 1. The molecule has 0 radical (unpaired) electrons. The third-order valence-corrected chi connectivity index (χ3v) is 2.76. The molecule has 0 saturated carbocycles. The topological polar surface area (TPSA) is 24.9 Å². The Labute approximate surface area is 96.0 Å². The molecule has 1 N–H and O–H groups in total. The second-order valence-electron chi connectivity index (χ2n) is 3.99. The molecule has 1 unspecified atom stereocenters. The SMILES string of the molecule is C=C(C)C(NC)c1nccc2ccccc12. The molecule has 0 aliphatic heterocycles. The zero-order valence-corrected chi connectivity index (χ0v) is 9.70. The molecule has 2 nitrogen and oxygen atoms in total. The normalized spacial score (nSPS) is 12.6. The van der Waals surface area contributed by atoms with Crippen LogP contribution in [0.15, 0.2) is 48.7 Å². The summed E-state index contributed by atoms with van der Waals surface area (Å²) >= 11 is 0. The van der Waals surface area contributed by atoms with Crippen molar-refractivity contribution in [2.24, 2.45) is 0 Å². The van der Waals surface area contributed by atoms with Gasteiger partial charge in [-0.1, -0.05) is 36.4 Å². The van der Waals surface area contributed by atoms with Crippen molar-refractivity contribution in [1.82, 2.24) is 10.3 Å². The van der Waals surface area contributed by atoms with Gasteiger partial charge in [-0.2, -0.15) is 0 Å². The molecule has 82 valence electrons. The van der Waals surface area contributed by atoms with Crippen molar-refractivity contribution >= 4 is 10.8 Å². The zero-order chi connectivity index (χ0) is 11.5. The molecule has 2 heteroatoms. The average molecular weight is 212 g/mol. The maximum Gasteiger partial charge on any atom is 0.0709 e. The van der Waals surface area contributed by atoms with Gasteiger partial charge in [-0.15, -0.1) is 0 Å². The van der Waals surface area contributed by atoms with Gasteiger partial charge in [-0.25, -0.2) is 0 Å². The van der Waals surface area contributed by atoms with Crippen LogP contribution in [0.3, 0.4) is 0 Å². The van der Waals surface area contributed by atoms with Crippen LogP contribution in [-0.4, -0.2) is 12.0 Å². The molecule has 0 fully saturated rings. The lowest BCUT2D eigenvalue weighted by Gasteiger charge is -2.17.